The van der Waals surface area contributed by atoms with Crippen LogP contribution >= 0.6 is 12.4 Å². The molecule has 132 valence electrons. The van der Waals surface area contributed by atoms with E-state index >= 15 is 0 Å². The second-order valence-corrected chi connectivity index (χ2v) is 9.51. The first-order valence-corrected chi connectivity index (χ1v) is 9.82. The zero-order valence-corrected chi connectivity index (χ0v) is 15.6. The van der Waals surface area contributed by atoms with Gasteiger partial charge in [-0.3, -0.25) is 4.79 Å². The third-order valence-corrected chi connectivity index (χ3v) is 5.40. The Labute approximate surface area is 141 Å². The van der Waals surface area contributed by atoms with Gasteiger partial charge in [0.2, 0.25) is 5.91 Å². The highest BCUT2D eigenvalue weighted by molar-refractivity contribution is 7.90. The van der Waals surface area contributed by atoms with Gasteiger partial charge in [-0.05, 0) is 45.1 Å². The molecule has 0 saturated heterocycles. The van der Waals surface area contributed by atoms with Crippen LogP contribution in [0, 0.1) is 5.41 Å². The Balaban J connectivity index is 0.00000441. The molecule has 0 aromatic carbocycles. The lowest BCUT2D eigenvalue weighted by molar-refractivity contribution is -0.125. The zero-order valence-electron chi connectivity index (χ0n) is 14.0. The summed E-state index contributed by atoms with van der Waals surface area (Å²) >= 11 is 0. The molecule has 0 bridgehead atoms. The number of carbonyl (C=O) groups excluding carboxylic acids is 1. The molecule has 1 amide bonds. The first-order chi connectivity index (χ1) is 9.58. The molecular weight excluding hydrogens is 324 g/mol. The van der Waals surface area contributed by atoms with E-state index in [1.165, 1.54) is 12.7 Å². The molecule has 0 aromatic heterocycles. The largest absolute Gasteiger partial charge is 0.351 e. The van der Waals surface area contributed by atoms with E-state index in [2.05, 4.69) is 5.32 Å². The van der Waals surface area contributed by atoms with E-state index in [1.54, 1.807) is 0 Å². The average Bonchev–Trinajstić information content (AvgIpc) is 2.36. The topological polar surface area (TPSA) is 89.3 Å². The second-order valence-electron chi connectivity index (χ2n) is 7.25. The molecule has 1 rings (SSSR count). The van der Waals surface area contributed by atoms with Crippen LogP contribution in [0.4, 0.5) is 0 Å². The van der Waals surface area contributed by atoms with E-state index in [4.69, 9.17) is 5.73 Å². The van der Waals surface area contributed by atoms with Gasteiger partial charge in [-0.2, -0.15) is 0 Å². The van der Waals surface area contributed by atoms with Crippen LogP contribution < -0.4 is 11.1 Å². The lowest BCUT2D eigenvalue weighted by atomic mass is 9.71. The number of hydrogen-bond acceptors (Lipinski definition) is 4. The van der Waals surface area contributed by atoms with Crippen molar-refractivity contribution in [3.8, 4) is 0 Å². The van der Waals surface area contributed by atoms with Crippen molar-refractivity contribution in [3.63, 3.8) is 0 Å². The molecule has 0 spiro atoms. The minimum absolute atomic E-state index is 0. The average molecular weight is 355 g/mol. The lowest BCUT2D eigenvalue weighted by Crippen LogP contribution is -2.47. The van der Waals surface area contributed by atoms with Gasteiger partial charge in [0, 0.05) is 18.2 Å². The van der Waals surface area contributed by atoms with Crippen LogP contribution in [0.15, 0.2) is 0 Å². The monoisotopic (exact) mass is 354 g/mol. The Morgan fingerprint density at radius 3 is 2.23 bits per heavy atom. The molecule has 0 unspecified atom stereocenters. The van der Waals surface area contributed by atoms with Crippen molar-refractivity contribution in [1.29, 1.82) is 0 Å². The minimum atomic E-state index is -3.01. The van der Waals surface area contributed by atoms with Crippen molar-refractivity contribution in [2.75, 3.05) is 18.6 Å². The maximum atomic E-state index is 12.3. The molecular formula is C15H31ClN2O3S. The van der Waals surface area contributed by atoms with Crippen molar-refractivity contribution in [3.05, 3.63) is 0 Å². The van der Waals surface area contributed by atoms with Gasteiger partial charge < -0.3 is 11.1 Å². The van der Waals surface area contributed by atoms with Gasteiger partial charge in [0.1, 0.15) is 9.84 Å². The molecule has 22 heavy (non-hydrogen) atoms. The van der Waals surface area contributed by atoms with Gasteiger partial charge in [-0.25, -0.2) is 8.42 Å². The zero-order chi connectivity index (χ0) is 16.1. The van der Waals surface area contributed by atoms with E-state index in [-0.39, 0.29) is 29.5 Å². The second kappa shape index (κ2) is 8.50. The van der Waals surface area contributed by atoms with E-state index in [0.717, 1.165) is 25.7 Å². The van der Waals surface area contributed by atoms with Crippen molar-refractivity contribution < 1.29 is 13.2 Å². The number of sulfone groups is 1. The third kappa shape index (κ3) is 7.79. The van der Waals surface area contributed by atoms with Gasteiger partial charge in [0.25, 0.3) is 0 Å². The van der Waals surface area contributed by atoms with Crippen LogP contribution in [0.25, 0.3) is 0 Å². The highest BCUT2D eigenvalue weighted by atomic mass is 35.5. The molecule has 7 heteroatoms. The molecule has 0 aromatic rings. The maximum absolute atomic E-state index is 12.3. The highest BCUT2D eigenvalue weighted by Gasteiger charge is 2.34. The number of amides is 1. The van der Waals surface area contributed by atoms with Crippen molar-refractivity contribution >= 4 is 28.2 Å². The summed E-state index contributed by atoms with van der Waals surface area (Å²) in [6.45, 7) is 4.28. The summed E-state index contributed by atoms with van der Waals surface area (Å²) in [5, 5.41) is 2.98. The van der Waals surface area contributed by atoms with Gasteiger partial charge in [-0.15, -0.1) is 12.4 Å². The number of nitrogens with one attached hydrogen (secondary N) is 1. The summed E-state index contributed by atoms with van der Waals surface area (Å²) in [6.07, 6.45) is 7.63. The van der Waals surface area contributed by atoms with E-state index in [1.807, 2.05) is 13.8 Å². The van der Waals surface area contributed by atoms with Gasteiger partial charge in [-0.1, -0.05) is 19.3 Å². The predicted octanol–water partition coefficient (Wildman–Crippen LogP) is 2.04. The van der Waals surface area contributed by atoms with Crippen LogP contribution in [-0.2, 0) is 14.6 Å². The molecule has 1 aliphatic carbocycles. The number of rotatable bonds is 7. The van der Waals surface area contributed by atoms with E-state index in [9.17, 15) is 13.2 Å². The molecule has 0 heterocycles. The normalized spacial score (nSPS) is 18.4. The standard InChI is InChI=1S/C15H30N2O3S.ClH/c1-14(2,9-10-21(3,19)20)17-13(18)11-15(12-16)7-5-4-6-8-15;/h4-12,16H2,1-3H3,(H,17,18);1H. The van der Waals surface area contributed by atoms with E-state index < -0.39 is 15.4 Å². The fourth-order valence-electron chi connectivity index (χ4n) is 3.02. The molecule has 1 aliphatic rings. The summed E-state index contributed by atoms with van der Waals surface area (Å²) in [4.78, 5) is 12.3. The molecule has 3 N–H and O–H groups in total. The van der Waals surface area contributed by atoms with Crippen LogP contribution in [0.2, 0.25) is 0 Å². The quantitative estimate of drug-likeness (QED) is 0.732. The number of carbonyl (C=O) groups is 1. The van der Waals surface area contributed by atoms with Crippen LogP contribution in [0.3, 0.4) is 0 Å². The van der Waals surface area contributed by atoms with Gasteiger partial charge >= 0.3 is 0 Å². The summed E-state index contributed by atoms with van der Waals surface area (Å²) in [6, 6.07) is 0. The number of nitrogens with two attached hydrogens (primary N) is 1. The minimum Gasteiger partial charge on any atom is -0.351 e. The van der Waals surface area contributed by atoms with E-state index in [0.29, 0.717) is 19.4 Å². The summed E-state index contributed by atoms with van der Waals surface area (Å²) in [5.41, 5.74) is 5.34. The summed E-state index contributed by atoms with van der Waals surface area (Å²) < 4.78 is 22.5. The molecule has 1 saturated carbocycles. The maximum Gasteiger partial charge on any atom is 0.221 e. The molecule has 5 nitrogen and oxygen atoms in total. The first-order valence-electron chi connectivity index (χ1n) is 7.76. The smallest absolute Gasteiger partial charge is 0.221 e. The first kappa shape index (κ1) is 21.7. The lowest BCUT2D eigenvalue weighted by Gasteiger charge is -2.37. The summed E-state index contributed by atoms with van der Waals surface area (Å²) in [7, 11) is -3.01. The SMILES string of the molecule is CC(C)(CCS(C)(=O)=O)NC(=O)CC1(CN)CCCCC1.Cl. The Bertz CT molecular complexity index is 457. The Kier molecular flexibility index (Phi) is 8.37. The van der Waals surface area contributed by atoms with Crippen molar-refractivity contribution in [2.45, 2.75) is 64.3 Å². The molecule has 0 radical (unpaired) electrons. The molecule has 0 atom stereocenters. The number of halogens is 1. The van der Waals surface area contributed by atoms with Crippen LogP contribution in [0.5, 0.6) is 0 Å². The molecule has 0 aliphatic heterocycles. The summed E-state index contributed by atoms with van der Waals surface area (Å²) in [5.74, 6) is 0.0725. The Morgan fingerprint density at radius 1 is 1.23 bits per heavy atom. The fraction of sp³-hybridized carbons (Fsp3) is 0.933. The number of hydrogen-bond donors (Lipinski definition) is 2. The Morgan fingerprint density at radius 2 is 1.77 bits per heavy atom. The van der Waals surface area contributed by atoms with Crippen LogP contribution in [-0.4, -0.2) is 38.4 Å². The predicted molar refractivity (Wildman–Crippen MR) is 93.0 cm³/mol. The fourth-order valence-corrected chi connectivity index (χ4v) is 3.90. The molecule has 1 fully saturated rings. The van der Waals surface area contributed by atoms with Crippen molar-refractivity contribution in [2.24, 2.45) is 11.1 Å². The highest BCUT2D eigenvalue weighted by Crippen LogP contribution is 2.38. The Hall–Kier alpha value is -0.330. The van der Waals surface area contributed by atoms with Crippen LogP contribution in [0.1, 0.15) is 58.8 Å². The third-order valence-electron chi connectivity index (χ3n) is 4.46. The van der Waals surface area contributed by atoms with Crippen molar-refractivity contribution in [1.82, 2.24) is 5.32 Å². The van der Waals surface area contributed by atoms with Gasteiger partial charge in [0.15, 0.2) is 0 Å². The van der Waals surface area contributed by atoms with Gasteiger partial charge in [0.05, 0.1) is 5.75 Å².